The molecule has 0 aromatic heterocycles. The number of carbonyl (C=O) groups is 1. The Morgan fingerprint density at radius 3 is 2.63 bits per heavy atom. The molecular weight excluding hydrogens is 238 g/mol. The first-order valence-electron chi connectivity index (χ1n) is 7.22. The summed E-state index contributed by atoms with van der Waals surface area (Å²) in [7, 11) is 0. The summed E-state index contributed by atoms with van der Waals surface area (Å²) in [5.41, 5.74) is 0.666. The molecule has 0 aliphatic heterocycles. The quantitative estimate of drug-likeness (QED) is 0.777. The minimum atomic E-state index is -0.0196. The van der Waals surface area contributed by atoms with Gasteiger partial charge in [-0.3, -0.25) is 4.79 Å². The average Bonchev–Trinajstić information content (AvgIpc) is 2.46. The predicted molar refractivity (Wildman–Crippen MR) is 78.6 cm³/mol. The van der Waals surface area contributed by atoms with Crippen molar-refractivity contribution in [2.24, 2.45) is 5.92 Å². The maximum absolute atomic E-state index is 12.0. The van der Waals surface area contributed by atoms with E-state index in [9.17, 15) is 4.79 Å². The molecular formula is C16H25NO2. The molecule has 1 aromatic rings. The van der Waals surface area contributed by atoms with E-state index in [1.165, 1.54) is 0 Å². The molecule has 0 fully saturated rings. The van der Waals surface area contributed by atoms with Crippen LogP contribution in [0.5, 0.6) is 5.75 Å². The van der Waals surface area contributed by atoms with E-state index in [4.69, 9.17) is 4.74 Å². The van der Waals surface area contributed by atoms with Gasteiger partial charge in [0, 0.05) is 12.1 Å². The predicted octanol–water partition coefficient (Wildman–Crippen LogP) is 3.64. The van der Waals surface area contributed by atoms with E-state index in [1.54, 1.807) is 6.07 Å². The number of hydrogen-bond donors (Lipinski definition) is 1. The van der Waals surface area contributed by atoms with Crippen LogP contribution in [0.1, 0.15) is 50.4 Å². The van der Waals surface area contributed by atoms with Gasteiger partial charge in [0.25, 0.3) is 5.91 Å². The van der Waals surface area contributed by atoms with E-state index in [0.29, 0.717) is 18.1 Å². The van der Waals surface area contributed by atoms with Crippen molar-refractivity contribution >= 4 is 5.91 Å². The van der Waals surface area contributed by atoms with Gasteiger partial charge in [0.1, 0.15) is 5.75 Å². The molecule has 106 valence electrons. The van der Waals surface area contributed by atoms with Crippen molar-refractivity contribution in [3.05, 3.63) is 29.8 Å². The monoisotopic (exact) mass is 263 g/mol. The molecule has 0 spiro atoms. The van der Waals surface area contributed by atoms with Crippen LogP contribution in [0.15, 0.2) is 24.3 Å². The molecule has 0 aliphatic rings. The van der Waals surface area contributed by atoms with Crippen molar-refractivity contribution in [3.63, 3.8) is 0 Å². The number of nitrogens with one attached hydrogen (secondary N) is 1. The summed E-state index contributed by atoms with van der Waals surface area (Å²) in [6.07, 6.45) is 3.15. The highest BCUT2D eigenvalue weighted by molar-refractivity contribution is 5.94. The summed E-state index contributed by atoms with van der Waals surface area (Å²) in [6.45, 7) is 7.79. The van der Waals surface area contributed by atoms with Crippen molar-refractivity contribution in [3.8, 4) is 5.75 Å². The lowest BCUT2D eigenvalue weighted by atomic mass is 10.0. The highest BCUT2D eigenvalue weighted by Crippen LogP contribution is 2.14. The molecule has 0 aliphatic carbocycles. The minimum absolute atomic E-state index is 0.0196. The lowest BCUT2D eigenvalue weighted by Gasteiger charge is -2.13. The highest BCUT2D eigenvalue weighted by Gasteiger charge is 2.09. The van der Waals surface area contributed by atoms with Gasteiger partial charge in [0.05, 0.1) is 6.61 Å². The number of benzene rings is 1. The summed E-state index contributed by atoms with van der Waals surface area (Å²) in [5.74, 6) is 1.30. The van der Waals surface area contributed by atoms with E-state index in [-0.39, 0.29) is 5.91 Å². The van der Waals surface area contributed by atoms with Gasteiger partial charge in [0.15, 0.2) is 0 Å². The van der Waals surface area contributed by atoms with Gasteiger partial charge >= 0.3 is 0 Å². The average molecular weight is 263 g/mol. The van der Waals surface area contributed by atoms with Gasteiger partial charge in [-0.05, 0) is 30.5 Å². The van der Waals surface area contributed by atoms with Crippen molar-refractivity contribution < 1.29 is 9.53 Å². The van der Waals surface area contributed by atoms with Crippen LogP contribution in [0.2, 0.25) is 0 Å². The van der Waals surface area contributed by atoms with Gasteiger partial charge < -0.3 is 10.1 Å². The molecule has 1 N–H and O–H groups in total. The van der Waals surface area contributed by atoms with Gasteiger partial charge in [-0.25, -0.2) is 0 Å². The van der Waals surface area contributed by atoms with Crippen LogP contribution >= 0.6 is 0 Å². The summed E-state index contributed by atoms with van der Waals surface area (Å²) in [5, 5.41) is 2.99. The van der Waals surface area contributed by atoms with Crippen LogP contribution in [0.3, 0.4) is 0 Å². The Kier molecular flexibility index (Phi) is 7.01. The largest absolute Gasteiger partial charge is 0.494 e. The molecule has 1 amide bonds. The second kappa shape index (κ2) is 8.57. The SMILES string of the molecule is CCCOc1cccc(C(=O)NCC(CC)CC)c1. The van der Waals surface area contributed by atoms with E-state index in [2.05, 4.69) is 26.1 Å². The highest BCUT2D eigenvalue weighted by atomic mass is 16.5. The van der Waals surface area contributed by atoms with Gasteiger partial charge in [0.2, 0.25) is 0 Å². The molecule has 0 saturated carbocycles. The summed E-state index contributed by atoms with van der Waals surface area (Å²) in [6, 6.07) is 7.36. The molecule has 0 radical (unpaired) electrons. The number of carbonyl (C=O) groups excluding carboxylic acids is 1. The fourth-order valence-corrected chi connectivity index (χ4v) is 1.86. The first kappa shape index (κ1) is 15.5. The van der Waals surface area contributed by atoms with Gasteiger partial charge in [-0.2, -0.15) is 0 Å². The van der Waals surface area contributed by atoms with Crippen molar-refractivity contribution in [2.75, 3.05) is 13.2 Å². The summed E-state index contributed by atoms with van der Waals surface area (Å²) < 4.78 is 5.53. The molecule has 0 bridgehead atoms. The first-order chi connectivity index (χ1) is 9.21. The molecule has 19 heavy (non-hydrogen) atoms. The molecule has 3 nitrogen and oxygen atoms in total. The first-order valence-corrected chi connectivity index (χ1v) is 7.22. The van der Waals surface area contributed by atoms with Gasteiger partial charge in [-0.15, -0.1) is 0 Å². The van der Waals surface area contributed by atoms with Crippen molar-refractivity contribution in [2.45, 2.75) is 40.0 Å². The molecule has 3 heteroatoms. The van der Waals surface area contributed by atoms with Crippen molar-refractivity contribution in [1.29, 1.82) is 0 Å². The number of rotatable bonds is 8. The van der Waals surface area contributed by atoms with Crippen LogP contribution < -0.4 is 10.1 Å². The Balaban J connectivity index is 2.56. The van der Waals surface area contributed by atoms with Crippen LogP contribution in [0, 0.1) is 5.92 Å². The smallest absolute Gasteiger partial charge is 0.251 e. The zero-order valence-electron chi connectivity index (χ0n) is 12.2. The van der Waals surface area contributed by atoms with Crippen LogP contribution in [0.4, 0.5) is 0 Å². The minimum Gasteiger partial charge on any atom is -0.494 e. The molecule has 0 atom stereocenters. The zero-order chi connectivity index (χ0) is 14.1. The third-order valence-electron chi connectivity index (χ3n) is 3.28. The molecule has 0 unspecified atom stereocenters. The Morgan fingerprint density at radius 1 is 1.26 bits per heavy atom. The van der Waals surface area contributed by atoms with E-state index in [0.717, 1.165) is 31.6 Å². The second-order valence-corrected chi connectivity index (χ2v) is 4.77. The van der Waals surface area contributed by atoms with Crippen LogP contribution in [-0.4, -0.2) is 19.1 Å². The van der Waals surface area contributed by atoms with E-state index in [1.807, 2.05) is 18.2 Å². The Bertz CT molecular complexity index is 386. The third-order valence-corrected chi connectivity index (χ3v) is 3.28. The fraction of sp³-hybridized carbons (Fsp3) is 0.562. The standard InChI is InChI=1S/C16H25NO2/c1-4-10-19-15-9-7-8-14(11-15)16(18)17-12-13(5-2)6-3/h7-9,11,13H,4-6,10,12H2,1-3H3,(H,17,18). The summed E-state index contributed by atoms with van der Waals surface area (Å²) in [4.78, 5) is 12.0. The maximum atomic E-state index is 12.0. The van der Waals surface area contributed by atoms with Gasteiger partial charge in [-0.1, -0.05) is 39.7 Å². The molecule has 0 saturated heterocycles. The number of hydrogen-bond acceptors (Lipinski definition) is 2. The van der Waals surface area contributed by atoms with E-state index < -0.39 is 0 Å². The molecule has 1 rings (SSSR count). The molecule has 1 aromatic carbocycles. The third kappa shape index (κ3) is 5.33. The van der Waals surface area contributed by atoms with Crippen LogP contribution in [0.25, 0.3) is 0 Å². The number of amides is 1. The Hall–Kier alpha value is -1.51. The second-order valence-electron chi connectivity index (χ2n) is 4.77. The number of ether oxygens (including phenoxy) is 1. The zero-order valence-corrected chi connectivity index (χ0v) is 12.2. The Labute approximate surface area is 116 Å². The van der Waals surface area contributed by atoms with Crippen LogP contribution in [-0.2, 0) is 0 Å². The van der Waals surface area contributed by atoms with E-state index >= 15 is 0 Å². The van der Waals surface area contributed by atoms with Crippen molar-refractivity contribution in [1.82, 2.24) is 5.32 Å². The maximum Gasteiger partial charge on any atom is 0.251 e. The summed E-state index contributed by atoms with van der Waals surface area (Å²) >= 11 is 0. The Morgan fingerprint density at radius 2 is 2.00 bits per heavy atom. The molecule has 0 heterocycles. The lowest BCUT2D eigenvalue weighted by Crippen LogP contribution is -2.28. The lowest BCUT2D eigenvalue weighted by molar-refractivity contribution is 0.0946. The topological polar surface area (TPSA) is 38.3 Å². The fourth-order valence-electron chi connectivity index (χ4n) is 1.86. The normalized spacial score (nSPS) is 10.5.